The molecule has 102 valence electrons. The number of benzene rings is 1. The number of piperidine rings is 1. The maximum atomic E-state index is 11.5. The number of rotatable bonds is 2. The van der Waals surface area contributed by atoms with Crippen LogP contribution < -0.4 is 0 Å². The maximum Gasteiger partial charge on any atom is 0.308 e. The largest absolute Gasteiger partial charge is 0.481 e. The summed E-state index contributed by atoms with van der Waals surface area (Å²) in [4.78, 5) is 24.4. The van der Waals surface area contributed by atoms with Crippen molar-refractivity contribution in [3.05, 3.63) is 35.4 Å². The Kier molecular flexibility index (Phi) is 3.88. The van der Waals surface area contributed by atoms with E-state index in [1.165, 1.54) is 12.5 Å². The van der Waals surface area contributed by atoms with E-state index >= 15 is 0 Å². The molecule has 2 atom stereocenters. The molecule has 19 heavy (non-hydrogen) atoms. The van der Waals surface area contributed by atoms with E-state index in [-0.39, 0.29) is 11.8 Å². The molecule has 1 aromatic carbocycles. The topological polar surface area (TPSA) is 57.6 Å². The fourth-order valence-electron chi connectivity index (χ4n) is 2.62. The van der Waals surface area contributed by atoms with Gasteiger partial charge >= 0.3 is 5.97 Å². The zero-order chi connectivity index (χ0) is 14.0. The van der Waals surface area contributed by atoms with Crippen LogP contribution in [0.3, 0.4) is 0 Å². The number of nitrogens with zero attached hydrogens (tertiary/aromatic N) is 1. The molecular formula is C15H19NO3. The predicted octanol–water partition coefficient (Wildman–Crippen LogP) is 2.03. The normalized spacial score (nSPS) is 23.2. The van der Waals surface area contributed by atoms with E-state index in [9.17, 15) is 14.7 Å². The van der Waals surface area contributed by atoms with Crippen molar-refractivity contribution in [1.82, 2.24) is 4.90 Å². The lowest BCUT2D eigenvalue weighted by Crippen LogP contribution is -2.44. The SMILES string of the molecule is CC(=O)N1CC(C(=O)O)CC(c2ccc(C)cc2)C1. The summed E-state index contributed by atoms with van der Waals surface area (Å²) < 4.78 is 0. The van der Waals surface area contributed by atoms with E-state index < -0.39 is 11.9 Å². The van der Waals surface area contributed by atoms with Gasteiger partial charge in [-0.2, -0.15) is 0 Å². The van der Waals surface area contributed by atoms with Crippen molar-refractivity contribution in [1.29, 1.82) is 0 Å². The fourth-order valence-corrected chi connectivity index (χ4v) is 2.62. The van der Waals surface area contributed by atoms with E-state index in [1.807, 2.05) is 31.2 Å². The number of hydrogen-bond donors (Lipinski definition) is 1. The summed E-state index contributed by atoms with van der Waals surface area (Å²) in [5, 5.41) is 9.21. The molecule has 2 rings (SSSR count). The third-order valence-electron chi connectivity index (χ3n) is 3.79. The number of aryl methyl sites for hydroxylation is 1. The average Bonchev–Trinajstić information content (AvgIpc) is 2.39. The minimum atomic E-state index is -0.817. The number of aliphatic carboxylic acids is 1. The van der Waals surface area contributed by atoms with Crippen LogP contribution in [0.1, 0.15) is 30.4 Å². The molecular weight excluding hydrogens is 242 g/mol. The molecule has 1 amide bonds. The average molecular weight is 261 g/mol. The van der Waals surface area contributed by atoms with Crippen LogP contribution >= 0.6 is 0 Å². The Hall–Kier alpha value is -1.84. The molecule has 1 aromatic rings. The van der Waals surface area contributed by atoms with Crippen LogP contribution in [0.4, 0.5) is 0 Å². The first-order chi connectivity index (χ1) is 8.97. The van der Waals surface area contributed by atoms with Gasteiger partial charge in [0.25, 0.3) is 0 Å². The van der Waals surface area contributed by atoms with Crippen LogP contribution in [-0.2, 0) is 9.59 Å². The summed E-state index contributed by atoms with van der Waals surface area (Å²) in [7, 11) is 0. The van der Waals surface area contributed by atoms with Crippen molar-refractivity contribution in [2.24, 2.45) is 5.92 Å². The van der Waals surface area contributed by atoms with Crippen molar-refractivity contribution in [3.63, 3.8) is 0 Å². The van der Waals surface area contributed by atoms with E-state index in [0.29, 0.717) is 19.5 Å². The molecule has 2 unspecified atom stereocenters. The summed E-state index contributed by atoms with van der Waals surface area (Å²) >= 11 is 0. The molecule has 0 spiro atoms. The van der Waals surface area contributed by atoms with Crippen LogP contribution in [0.5, 0.6) is 0 Å². The second-order valence-electron chi connectivity index (χ2n) is 5.30. The van der Waals surface area contributed by atoms with E-state index in [4.69, 9.17) is 0 Å². The molecule has 0 saturated carbocycles. The van der Waals surface area contributed by atoms with Gasteiger partial charge in [0, 0.05) is 25.9 Å². The van der Waals surface area contributed by atoms with E-state index in [0.717, 1.165) is 5.56 Å². The molecule has 0 aliphatic carbocycles. The first kappa shape index (κ1) is 13.6. The molecule has 1 fully saturated rings. The molecule has 1 aliphatic rings. The van der Waals surface area contributed by atoms with Gasteiger partial charge in [-0.05, 0) is 18.9 Å². The monoisotopic (exact) mass is 261 g/mol. The van der Waals surface area contributed by atoms with Gasteiger partial charge in [-0.3, -0.25) is 9.59 Å². The third-order valence-corrected chi connectivity index (χ3v) is 3.79. The molecule has 0 bridgehead atoms. The first-order valence-electron chi connectivity index (χ1n) is 6.52. The van der Waals surface area contributed by atoms with Crippen molar-refractivity contribution < 1.29 is 14.7 Å². The van der Waals surface area contributed by atoms with Crippen LogP contribution in [0, 0.1) is 12.8 Å². The maximum absolute atomic E-state index is 11.5. The smallest absolute Gasteiger partial charge is 0.308 e. The standard InChI is InChI=1S/C15H19NO3/c1-10-3-5-12(6-4-10)13-7-14(15(18)19)9-16(8-13)11(2)17/h3-6,13-14H,7-9H2,1-2H3,(H,18,19). The van der Waals surface area contributed by atoms with Gasteiger partial charge < -0.3 is 10.0 Å². The molecule has 1 aliphatic heterocycles. The lowest BCUT2D eigenvalue weighted by Gasteiger charge is -2.36. The lowest BCUT2D eigenvalue weighted by molar-refractivity contribution is -0.145. The van der Waals surface area contributed by atoms with Crippen molar-refractivity contribution >= 4 is 11.9 Å². The number of carboxylic acids is 1. The number of hydrogen-bond acceptors (Lipinski definition) is 2. The first-order valence-corrected chi connectivity index (χ1v) is 6.52. The summed E-state index contributed by atoms with van der Waals surface area (Å²) in [6, 6.07) is 8.11. The van der Waals surface area contributed by atoms with Crippen molar-refractivity contribution in [2.45, 2.75) is 26.2 Å². The molecule has 1 N–H and O–H groups in total. The molecule has 4 heteroatoms. The molecule has 0 aromatic heterocycles. The Balaban J connectivity index is 2.21. The van der Waals surface area contributed by atoms with Crippen LogP contribution in [0.25, 0.3) is 0 Å². The summed E-state index contributed by atoms with van der Waals surface area (Å²) in [5.41, 5.74) is 2.29. The van der Waals surface area contributed by atoms with E-state index in [1.54, 1.807) is 4.90 Å². The van der Waals surface area contributed by atoms with Gasteiger partial charge in [0.15, 0.2) is 0 Å². The second kappa shape index (κ2) is 5.43. The second-order valence-corrected chi connectivity index (χ2v) is 5.30. The minimum Gasteiger partial charge on any atom is -0.481 e. The number of likely N-dealkylation sites (tertiary alicyclic amines) is 1. The van der Waals surface area contributed by atoms with Crippen molar-refractivity contribution in [2.75, 3.05) is 13.1 Å². The Morgan fingerprint density at radius 1 is 1.21 bits per heavy atom. The number of carbonyl (C=O) groups is 2. The summed E-state index contributed by atoms with van der Waals surface area (Å²) in [5.74, 6) is -1.23. The molecule has 0 radical (unpaired) electrons. The quantitative estimate of drug-likeness (QED) is 0.886. The highest BCUT2D eigenvalue weighted by Crippen LogP contribution is 2.30. The Morgan fingerprint density at radius 3 is 2.37 bits per heavy atom. The highest BCUT2D eigenvalue weighted by Gasteiger charge is 2.33. The van der Waals surface area contributed by atoms with Gasteiger partial charge in [-0.15, -0.1) is 0 Å². The highest BCUT2D eigenvalue weighted by molar-refractivity contribution is 5.76. The Morgan fingerprint density at radius 2 is 1.84 bits per heavy atom. The zero-order valence-corrected chi connectivity index (χ0v) is 11.3. The summed E-state index contributed by atoms with van der Waals surface area (Å²) in [6.45, 7) is 4.46. The van der Waals surface area contributed by atoms with Crippen LogP contribution in [0.2, 0.25) is 0 Å². The Bertz CT molecular complexity index is 459. The molecule has 4 nitrogen and oxygen atoms in total. The van der Waals surface area contributed by atoms with Gasteiger partial charge in [-0.1, -0.05) is 29.8 Å². The Labute approximate surface area is 113 Å². The van der Waals surface area contributed by atoms with E-state index in [2.05, 4.69) is 0 Å². The molecule has 1 saturated heterocycles. The number of amides is 1. The molecule has 1 heterocycles. The van der Waals surface area contributed by atoms with Gasteiger partial charge in [0.05, 0.1) is 5.92 Å². The van der Waals surface area contributed by atoms with Crippen molar-refractivity contribution in [3.8, 4) is 0 Å². The van der Waals surface area contributed by atoms with Crippen LogP contribution in [-0.4, -0.2) is 35.0 Å². The number of carboxylic acid groups (broad SMARTS) is 1. The fraction of sp³-hybridized carbons (Fsp3) is 0.467. The third kappa shape index (κ3) is 3.13. The van der Waals surface area contributed by atoms with Gasteiger partial charge in [0.1, 0.15) is 0 Å². The predicted molar refractivity (Wildman–Crippen MR) is 71.9 cm³/mol. The number of carbonyl (C=O) groups excluding carboxylic acids is 1. The van der Waals surface area contributed by atoms with Gasteiger partial charge in [-0.25, -0.2) is 0 Å². The highest BCUT2D eigenvalue weighted by atomic mass is 16.4. The van der Waals surface area contributed by atoms with Gasteiger partial charge in [0.2, 0.25) is 5.91 Å². The summed E-state index contributed by atoms with van der Waals surface area (Å²) in [6.07, 6.45) is 0.599. The zero-order valence-electron chi connectivity index (χ0n) is 11.3. The lowest BCUT2D eigenvalue weighted by atomic mass is 9.84. The van der Waals surface area contributed by atoms with Crippen LogP contribution in [0.15, 0.2) is 24.3 Å². The minimum absolute atomic E-state index is 0.0527.